The SMILES string of the molecule is Cc1ccc(-c2cc(C)c(F)cc2F)c(C(=O)O)c1. The van der Waals surface area contributed by atoms with Gasteiger partial charge in [-0.1, -0.05) is 17.7 Å². The Morgan fingerprint density at radius 2 is 1.68 bits per heavy atom. The normalized spacial score (nSPS) is 10.5. The van der Waals surface area contributed by atoms with Crippen molar-refractivity contribution >= 4 is 5.97 Å². The predicted molar refractivity (Wildman–Crippen MR) is 68.2 cm³/mol. The van der Waals surface area contributed by atoms with E-state index in [2.05, 4.69) is 0 Å². The minimum Gasteiger partial charge on any atom is -0.478 e. The summed E-state index contributed by atoms with van der Waals surface area (Å²) in [5.74, 6) is -2.56. The number of aromatic carboxylic acids is 1. The monoisotopic (exact) mass is 262 g/mol. The Morgan fingerprint density at radius 3 is 2.32 bits per heavy atom. The van der Waals surface area contributed by atoms with Crippen molar-refractivity contribution < 1.29 is 18.7 Å². The van der Waals surface area contributed by atoms with Gasteiger partial charge in [0.2, 0.25) is 0 Å². The van der Waals surface area contributed by atoms with Gasteiger partial charge in [-0.05, 0) is 37.1 Å². The molecule has 0 saturated carbocycles. The van der Waals surface area contributed by atoms with Gasteiger partial charge < -0.3 is 5.11 Å². The standard InChI is InChI=1S/C15H12F2O2/c1-8-3-4-10(12(5-8)15(18)19)11-6-9(2)13(16)7-14(11)17/h3-7H,1-2H3,(H,18,19). The Morgan fingerprint density at radius 1 is 1.00 bits per heavy atom. The number of carboxylic acid groups (broad SMARTS) is 1. The highest BCUT2D eigenvalue weighted by atomic mass is 19.1. The van der Waals surface area contributed by atoms with Crippen LogP contribution >= 0.6 is 0 Å². The molecule has 1 N–H and O–H groups in total. The molecule has 19 heavy (non-hydrogen) atoms. The molecule has 4 heteroatoms. The highest BCUT2D eigenvalue weighted by Crippen LogP contribution is 2.29. The first-order valence-corrected chi connectivity index (χ1v) is 5.70. The molecule has 0 bridgehead atoms. The zero-order valence-corrected chi connectivity index (χ0v) is 10.5. The lowest BCUT2D eigenvalue weighted by Gasteiger charge is -2.10. The average Bonchev–Trinajstić information content (AvgIpc) is 2.34. The number of rotatable bonds is 2. The second-order valence-electron chi connectivity index (χ2n) is 4.44. The molecule has 2 aromatic rings. The molecule has 2 nitrogen and oxygen atoms in total. The van der Waals surface area contributed by atoms with Gasteiger partial charge >= 0.3 is 5.97 Å². The fourth-order valence-electron chi connectivity index (χ4n) is 1.93. The number of halogens is 2. The van der Waals surface area contributed by atoms with E-state index in [1.165, 1.54) is 25.1 Å². The highest BCUT2D eigenvalue weighted by Gasteiger charge is 2.16. The summed E-state index contributed by atoms with van der Waals surface area (Å²) in [6.07, 6.45) is 0. The summed E-state index contributed by atoms with van der Waals surface area (Å²) >= 11 is 0. The van der Waals surface area contributed by atoms with Crippen molar-refractivity contribution in [2.24, 2.45) is 0 Å². The molecule has 98 valence electrons. The first-order chi connectivity index (χ1) is 8.90. The van der Waals surface area contributed by atoms with Crippen LogP contribution in [0.1, 0.15) is 21.5 Å². The van der Waals surface area contributed by atoms with Gasteiger partial charge in [0.15, 0.2) is 0 Å². The summed E-state index contributed by atoms with van der Waals surface area (Å²) in [7, 11) is 0. The lowest BCUT2D eigenvalue weighted by Crippen LogP contribution is -2.02. The van der Waals surface area contributed by atoms with Gasteiger partial charge in [0.1, 0.15) is 11.6 Å². The molecule has 0 aromatic heterocycles. The second kappa shape index (κ2) is 4.80. The molecule has 0 radical (unpaired) electrons. The van der Waals surface area contributed by atoms with Crippen LogP contribution in [0.4, 0.5) is 8.78 Å². The first-order valence-electron chi connectivity index (χ1n) is 5.70. The Kier molecular flexibility index (Phi) is 3.34. The lowest BCUT2D eigenvalue weighted by atomic mass is 9.96. The van der Waals surface area contributed by atoms with Gasteiger partial charge in [-0.3, -0.25) is 0 Å². The summed E-state index contributed by atoms with van der Waals surface area (Å²) in [6, 6.07) is 6.79. The van der Waals surface area contributed by atoms with E-state index in [1.54, 1.807) is 13.0 Å². The van der Waals surface area contributed by atoms with Crippen molar-refractivity contribution in [2.75, 3.05) is 0 Å². The summed E-state index contributed by atoms with van der Waals surface area (Å²) < 4.78 is 27.1. The second-order valence-corrected chi connectivity index (χ2v) is 4.44. The number of aryl methyl sites for hydroxylation is 2. The molecule has 0 spiro atoms. The smallest absolute Gasteiger partial charge is 0.336 e. The van der Waals surface area contributed by atoms with Gasteiger partial charge in [-0.15, -0.1) is 0 Å². The largest absolute Gasteiger partial charge is 0.478 e. The molecule has 0 aliphatic heterocycles. The van der Waals surface area contributed by atoms with Crippen LogP contribution in [0.3, 0.4) is 0 Å². The minimum absolute atomic E-state index is 0.00454. The molecule has 0 atom stereocenters. The number of hydrogen-bond donors (Lipinski definition) is 1. The van der Waals surface area contributed by atoms with Gasteiger partial charge in [-0.25, -0.2) is 13.6 Å². The number of carboxylic acids is 1. The molecule has 0 fully saturated rings. The zero-order valence-electron chi connectivity index (χ0n) is 10.5. The Hall–Kier alpha value is -2.23. The molecule has 2 rings (SSSR count). The zero-order chi connectivity index (χ0) is 14.2. The van der Waals surface area contributed by atoms with E-state index in [-0.39, 0.29) is 22.3 Å². The maximum absolute atomic E-state index is 13.8. The fraction of sp³-hybridized carbons (Fsp3) is 0.133. The third kappa shape index (κ3) is 2.47. The van der Waals surface area contributed by atoms with Crippen molar-refractivity contribution in [3.05, 3.63) is 58.7 Å². The van der Waals surface area contributed by atoms with Crippen LogP contribution in [0.25, 0.3) is 11.1 Å². The Balaban J connectivity index is 2.72. The molecular weight excluding hydrogens is 250 g/mol. The van der Waals surface area contributed by atoms with Crippen LogP contribution < -0.4 is 0 Å². The van der Waals surface area contributed by atoms with E-state index >= 15 is 0 Å². The van der Waals surface area contributed by atoms with Crippen molar-refractivity contribution in [2.45, 2.75) is 13.8 Å². The van der Waals surface area contributed by atoms with Gasteiger partial charge in [0.05, 0.1) is 5.56 Å². The fourth-order valence-corrected chi connectivity index (χ4v) is 1.93. The molecule has 0 amide bonds. The minimum atomic E-state index is -1.14. The van der Waals surface area contributed by atoms with E-state index in [9.17, 15) is 13.6 Å². The third-order valence-electron chi connectivity index (χ3n) is 2.94. The average molecular weight is 262 g/mol. The van der Waals surface area contributed by atoms with E-state index in [0.717, 1.165) is 11.6 Å². The molecule has 0 unspecified atom stereocenters. The van der Waals surface area contributed by atoms with Crippen LogP contribution in [-0.4, -0.2) is 11.1 Å². The van der Waals surface area contributed by atoms with Crippen molar-refractivity contribution in [1.82, 2.24) is 0 Å². The Labute approximate surface area is 109 Å². The van der Waals surface area contributed by atoms with Gasteiger partial charge in [-0.2, -0.15) is 0 Å². The summed E-state index contributed by atoms with van der Waals surface area (Å²) in [4.78, 5) is 11.2. The van der Waals surface area contributed by atoms with E-state index in [0.29, 0.717) is 0 Å². The quantitative estimate of drug-likeness (QED) is 0.889. The van der Waals surface area contributed by atoms with Crippen molar-refractivity contribution in [3.63, 3.8) is 0 Å². The van der Waals surface area contributed by atoms with Crippen molar-refractivity contribution in [3.8, 4) is 11.1 Å². The molecule has 0 heterocycles. The molecule has 0 aliphatic rings. The number of hydrogen-bond acceptors (Lipinski definition) is 1. The summed E-state index contributed by atoms with van der Waals surface area (Å²) in [5.41, 5.74) is 1.38. The van der Waals surface area contributed by atoms with Crippen LogP contribution in [0.15, 0.2) is 30.3 Å². The summed E-state index contributed by atoms with van der Waals surface area (Å²) in [6.45, 7) is 3.26. The number of benzene rings is 2. The topological polar surface area (TPSA) is 37.3 Å². The van der Waals surface area contributed by atoms with E-state index in [1.807, 2.05) is 0 Å². The van der Waals surface area contributed by atoms with E-state index < -0.39 is 17.6 Å². The van der Waals surface area contributed by atoms with Crippen LogP contribution in [0.5, 0.6) is 0 Å². The molecule has 0 saturated heterocycles. The van der Waals surface area contributed by atoms with Gasteiger partial charge in [0, 0.05) is 11.6 Å². The van der Waals surface area contributed by atoms with Crippen LogP contribution in [0.2, 0.25) is 0 Å². The summed E-state index contributed by atoms with van der Waals surface area (Å²) in [5, 5.41) is 9.17. The highest BCUT2D eigenvalue weighted by molar-refractivity contribution is 5.96. The van der Waals surface area contributed by atoms with Crippen LogP contribution in [0, 0.1) is 25.5 Å². The predicted octanol–water partition coefficient (Wildman–Crippen LogP) is 3.95. The van der Waals surface area contributed by atoms with Gasteiger partial charge in [0.25, 0.3) is 0 Å². The van der Waals surface area contributed by atoms with Crippen LogP contribution in [-0.2, 0) is 0 Å². The molecular formula is C15H12F2O2. The maximum Gasteiger partial charge on any atom is 0.336 e. The third-order valence-corrected chi connectivity index (χ3v) is 2.94. The lowest BCUT2D eigenvalue weighted by molar-refractivity contribution is 0.0697. The first kappa shape index (κ1) is 13.2. The Bertz CT molecular complexity index is 663. The molecule has 0 aliphatic carbocycles. The maximum atomic E-state index is 13.8. The van der Waals surface area contributed by atoms with E-state index in [4.69, 9.17) is 5.11 Å². The number of carbonyl (C=O) groups is 1. The molecule has 2 aromatic carbocycles. The van der Waals surface area contributed by atoms with Crippen molar-refractivity contribution in [1.29, 1.82) is 0 Å².